The minimum absolute atomic E-state index is 0.216. The van der Waals surface area contributed by atoms with Crippen LogP contribution in [0.25, 0.3) is 0 Å². The zero-order valence-corrected chi connectivity index (χ0v) is 8.72. The lowest BCUT2D eigenvalue weighted by Crippen LogP contribution is -1.84. The summed E-state index contributed by atoms with van der Waals surface area (Å²) in [5, 5.41) is 0.216. The molecule has 0 bridgehead atoms. The number of halogens is 1. The van der Waals surface area contributed by atoms with Gasteiger partial charge in [-0.15, -0.1) is 22.9 Å². The molecule has 0 saturated heterocycles. The molecule has 0 radical (unpaired) electrons. The zero-order valence-electron chi connectivity index (χ0n) is 7.15. The van der Waals surface area contributed by atoms with Crippen LogP contribution in [-0.2, 0) is 0 Å². The molecule has 0 saturated carbocycles. The highest BCUT2D eigenvalue weighted by molar-refractivity contribution is 7.12. The van der Waals surface area contributed by atoms with E-state index in [0.717, 1.165) is 6.42 Å². The van der Waals surface area contributed by atoms with E-state index in [0.29, 0.717) is 0 Å². The molecular formula is C9H13ClS. The van der Waals surface area contributed by atoms with Gasteiger partial charge in [-0.05, 0) is 31.9 Å². The van der Waals surface area contributed by atoms with Gasteiger partial charge in [0.25, 0.3) is 0 Å². The third-order valence-electron chi connectivity index (χ3n) is 1.72. The highest BCUT2D eigenvalue weighted by Gasteiger charge is 2.10. The number of thiophene rings is 1. The molecule has 0 nitrogen and oxygen atoms in total. The van der Waals surface area contributed by atoms with E-state index in [-0.39, 0.29) is 5.38 Å². The van der Waals surface area contributed by atoms with E-state index in [4.69, 9.17) is 11.6 Å². The first-order valence-corrected chi connectivity index (χ1v) is 5.11. The van der Waals surface area contributed by atoms with Crippen LogP contribution in [0.5, 0.6) is 0 Å². The summed E-state index contributed by atoms with van der Waals surface area (Å²) in [6.07, 6.45) is 1.02. The highest BCUT2D eigenvalue weighted by Crippen LogP contribution is 2.33. The fourth-order valence-corrected chi connectivity index (χ4v) is 2.56. The summed E-state index contributed by atoms with van der Waals surface area (Å²) in [6, 6.07) is 2.20. The Bertz CT molecular complexity index is 240. The van der Waals surface area contributed by atoms with E-state index in [1.54, 1.807) is 0 Å². The molecule has 62 valence electrons. The average molecular weight is 189 g/mol. The van der Waals surface area contributed by atoms with E-state index in [1.165, 1.54) is 15.3 Å². The molecule has 2 heteroatoms. The number of hydrogen-bond donors (Lipinski definition) is 0. The first kappa shape index (κ1) is 9.08. The Morgan fingerprint density at radius 1 is 1.55 bits per heavy atom. The van der Waals surface area contributed by atoms with Gasteiger partial charge in [0, 0.05) is 9.75 Å². The predicted molar refractivity (Wildman–Crippen MR) is 52.7 cm³/mol. The van der Waals surface area contributed by atoms with Crippen molar-refractivity contribution in [3.63, 3.8) is 0 Å². The summed E-state index contributed by atoms with van der Waals surface area (Å²) in [4.78, 5) is 2.70. The topological polar surface area (TPSA) is 0 Å². The molecule has 0 aliphatic rings. The highest BCUT2D eigenvalue weighted by atomic mass is 35.5. The molecule has 0 N–H and O–H groups in total. The van der Waals surface area contributed by atoms with Crippen molar-refractivity contribution in [2.75, 3.05) is 0 Å². The lowest BCUT2D eigenvalue weighted by Gasteiger charge is -2.03. The summed E-state index contributed by atoms with van der Waals surface area (Å²) in [5.41, 5.74) is 1.34. The molecule has 0 spiro atoms. The fourth-order valence-electron chi connectivity index (χ4n) is 1.16. The van der Waals surface area contributed by atoms with Crippen LogP contribution in [0.4, 0.5) is 0 Å². The second-order valence-corrected chi connectivity index (χ2v) is 4.59. The number of alkyl halides is 1. The van der Waals surface area contributed by atoms with Gasteiger partial charge in [0.15, 0.2) is 0 Å². The van der Waals surface area contributed by atoms with Gasteiger partial charge in [-0.2, -0.15) is 0 Å². The quantitative estimate of drug-likeness (QED) is 0.615. The van der Waals surface area contributed by atoms with Gasteiger partial charge < -0.3 is 0 Å². The van der Waals surface area contributed by atoms with Crippen molar-refractivity contribution in [3.05, 3.63) is 21.4 Å². The summed E-state index contributed by atoms with van der Waals surface area (Å²) in [6.45, 7) is 6.37. The van der Waals surface area contributed by atoms with Crippen molar-refractivity contribution in [2.24, 2.45) is 0 Å². The van der Waals surface area contributed by atoms with Crippen LogP contribution in [0.1, 0.15) is 34.0 Å². The molecule has 0 aromatic carbocycles. The first-order valence-electron chi connectivity index (χ1n) is 3.86. The van der Waals surface area contributed by atoms with Gasteiger partial charge in [0.05, 0.1) is 5.38 Å². The number of hydrogen-bond acceptors (Lipinski definition) is 1. The molecule has 0 amide bonds. The fraction of sp³-hybridized carbons (Fsp3) is 0.556. The van der Waals surface area contributed by atoms with E-state index >= 15 is 0 Å². The summed E-state index contributed by atoms with van der Waals surface area (Å²) >= 11 is 7.93. The third-order valence-corrected chi connectivity index (χ3v) is 3.64. The molecule has 0 fully saturated rings. The molecule has 0 aliphatic carbocycles. The van der Waals surface area contributed by atoms with Crippen molar-refractivity contribution in [1.82, 2.24) is 0 Å². The summed E-state index contributed by atoms with van der Waals surface area (Å²) in [7, 11) is 0. The zero-order chi connectivity index (χ0) is 8.43. The maximum absolute atomic E-state index is 6.12. The second-order valence-electron chi connectivity index (χ2n) is 2.78. The lowest BCUT2D eigenvalue weighted by molar-refractivity contribution is 0.895. The Balaban J connectivity index is 2.93. The SMILES string of the molecule is CCC(Cl)c1sc(C)cc1C. The van der Waals surface area contributed by atoms with Crippen LogP contribution in [0.15, 0.2) is 6.07 Å². The molecule has 1 heterocycles. The smallest absolute Gasteiger partial charge is 0.0678 e. The molecule has 1 aromatic rings. The van der Waals surface area contributed by atoms with E-state index in [2.05, 4.69) is 26.8 Å². The average Bonchev–Trinajstić information content (AvgIpc) is 2.28. The normalized spacial score (nSPS) is 13.5. The van der Waals surface area contributed by atoms with Gasteiger partial charge in [-0.3, -0.25) is 0 Å². The van der Waals surface area contributed by atoms with E-state index < -0.39 is 0 Å². The monoisotopic (exact) mass is 188 g/mol. The third kappa shape index (κ3) is 1.97. The van der Waals surface area contributed by atoms with Crippen molar-refractivity contribution < 1.29 is 0 Å². The largest absolute Gasteiger partial charge is 0.144 e. The van der Waals surface area contributed by atoms with E-state index in [1.807, 2.05) is 11.3 Å². The summed E-state index contributed by atoms with van der Waals surface area (Å²) < 4.78 is 0. The molecule has 0 aliphatic heterocycles. The maximum Gasteiger partial charge on any atom is 0.0678 e. The summed E-state index contributed by atoms with van der Waals surface area (Å²) in [5.74, 6) is 0. The Morgan fingerprint density at radius 2 is 2.18 bits per heavy atom. The van der Waals surface area contributed by atoms with Crippen LogP contribution in [0.2, 0.25) is 0 Å². The molecular weight excluding hydrogens is 176 g/mol. The Hall–Kier alpha value is -0.0100. The van der Waals surface area contributed by atoms with Crippen molar-refractivity contribution >= 4 is 22.9 Å². The van der Waals surface area contributed by atoms with Crippen molar-refractivity contribution in [3.8, 4) is 0 Å². The minimum Gasteiger partial charge on any atom is -0.144 e. The standard InChI is InChI=1S/C9H13ClS/c1-4-8(10)9-6(2)5-7(3)11-9/h5,8H,4H2,1-3H3. The molecule has 1 unspecified atom stereocenters. The Kier molecular flexibility index (Phi) is 2.97. The lowest BCUT2D eigenvalue weighted by atomic mass is 10.2. The number of rotatable bonds is 2. The van der Waals surface area contributed by atoms with Gasteiger partial charge in [0.1, 0.15) is 0 Å². The van der Waals surface area contributed by atoms with Gasteiger partial charge in [0.2, 0.25) is 0 Å². The molecule has 1 atom stereocenters. The minimum atomic E-state index is 0.216. The molecule has 1 rings (SSSR count). The van der Waals surface area contributed by atoms with Crippen LogP contribution in [0, 0.1) is 13.8 Å². The number of aryl methyl sites for hydroxylation is 2. The molecule has 11 heavy (non-hydrogen) atoms. The van der Waals surface area contributed by atoms with Gasteiger partial charge in [-0.1, -0.05) is 6.92 Å². The molecule has 1 aromatic heterocycles. The second kappa shape index (κ2) is 3.59. The predicted octanol–water partition coefficient (Wildman–Crippen LogP) is 4.05. The van der Waals surface area contributed by atoms with Crippen molar-refractivity contribution in [2.45, 2.75) is 32.6 Å². The van der Waals surface area contributed by atoms with Gasteiger partial charge in [-0.25, -0.2) is 0 Å². The van der Waals surface area contributed by atoms with Crippen LogP contribution in [-0.4, -0.2) is 0 Å². The maximum atomic E-state index is 6.12. The van der Waals surface area contributed by atoms with Crippen molar-refractivity contribution in [1.29, 1.82) is 0 Å². The van der Waals surface area contributed by atoms with Crippen LogP contribution < -0.4 is 0 Å². The van der Waals surface area contributed by atoms with E-state index in [9.17, 15) is 0 Å². The van der Waals surface area contributed by atoms with Crippen LogP contribution >= 0.6 is 22.9 Å². The first-order chi connectivity index (χ1) is 5.15. The Morgan fingerprint density at radius 3 is 2.55 bits per heavy atom. The van der Waals surface area contributed by atoms with Crippen LogP contribution in [0.3, 0.4) is 0 Å². The Labute approximate surface area is 77.2 Å². The van der Waals surface area contributed by atoms with Gasteiger partial charge >= 0.3 is 0 Å².